The molecule has 1 aromatic carbocycles. The second-order valence-electron chi connectivity index (χ2n) is 2.29. The summed E-state index contributed by atoms with van der Waals surface area (Å²) in [6.07, 6.45) is 0. The van der Waals surface area contributed by atoms with Crippen LogP contribution >= 0.6 is 0 Å². The van der Waals surface area contributed by atoms with Gasteiger partial charge in [0.25, 0.3) is 0 Å². The lowest BCUT2D eigenvalue weighted by molar-refractivity contribution is 0.415. The van der Waals surface area contributed by atoms with Crippen molar-refractivity contribution in [2.75, 3.05) is 19.1 Å². The summed E-state index contributed by atoms with van der Waals surface area (Å²) >= 11 is 0. The molecule has 4 nitrogen and oxygen atoms in total. The third-order valence-corrected chi connectivity index (χ3v) is 1.46. The fourth-order valence-electron chi connectivity index (χ4n) is 0.886. The Bertz CT molecular complexity index is 239. The lowest BCUT2D eigenvalue weighted by Gasteiger charge is -2.06. The van der Waals surface area contributed by atoms with Crippen LogP contribution in [0.25, 0.3) is 0 Å². The molecule has 0 amide bonds. The predicted octanol–water partition coefficient (Wildman–Crippen LogP) is 0.528. The van der Waals surface area contributed by atoms with Crippen LogP contribution in [-0.2, 0) is 0 Å². The third-order valence-electron chi connectivity index (χ3n) is 1.46. The van der Waals surface area contributed by atoms with Gasteiger partial charge in [0.15, 0.2) is 0 Å². The molecule has 0 saturated heterocycles. The Morgan fingerprint density at radius 1 is 1.50 bits per heavy atom. The number of hydrazine groups is 1. The Morgan fingerprint density at radius 3 is 3.00 bits per heavy atom. The third kappa shape index (κ3) is 2.41. The van der Waals surface area contributed by atoms with Crippen molar-refractivity contribution in [1.29, 1.82) is 0 Å². The molecule has 1 aromatic rings. The summed E-state index contributed by atoms with van der Waals surface area (Å²) in [7, 11) is 1.64. The molecule has 12 heavy (non-hydrogen) atoms. The number of rotatable bonds is 4. The van der Waals surface area contributed by atoms with Gasteiger partial charge in [-0.1, -0.05) is 6.07 Å². The van der Waals surface area contributed by atoms with Crippen LogP contribution in [0.3, 0.4) is 0 Å². The number of hydrogen-bond acceptors (Lipinski definition) is 4. The van der Waals surface area contributed by atoms with E-state index in [-0.39, 0.29) is 0 Å². The molecular weight excluding hydrogens is 154 g/mol. The van der Waals surface area contributed by atoms with E-state index >= 15 is 0 Å². The molecule has 4 N–H and O–H groups in total. The van der Waals surface area contributed by atoms with Crippen LogP contribution in [0.15, 0.2) is 24.3 Å². The number of methoxy groups -OCH3 is 1. The van der Waals surface area contributed by atoms with Gasteiger partial charge in [0.05, 0.1) is 13.8 Å². The van der Waals surface area contributed by atoms with E-state index in [1.165, 1.54) is 0 Å². The molecule has 1 rings (SSSR count). The van der Waals surface area contributed by atoms with Crippen LogP contribution < -0.4 is 21.3 Å². The largest absolute Gasteiger partial charge is 0.497 e. The first-order chi connectivity index (χ1) is 5.86. The van der Waals surface area contributed by atoms with Crippen molar-refractivity contribution < 1.29 is 4.74 Å². The lowest BCUT2D eigenvalue weighted by atomic mass is 10.3. The molecule has 0 bridgehead atoms. The molecule has 66 valence electrons. The summed E-state index contributed by atoms with van der Waals surface area (Å²) in [5.74, 6) is 5.93. The van der Waals surface area contributed by atoms with Gasteiger partial charge in [-0.3, -0.25) is 5.84 Å². The van der Waals surface area contributed by atoms with Crippen LogP contribution in [0.2, 0.25) is 0 Å². The highest BCUT2D eigenvalue weighted by molar-refractivity contribution is 5.47. The highest BCUT2D eigenvalue weighted by Gasteiger charge is 1.92. The van der Waals surface area contributed by atoms with Crippen molar-refractivity contribution >= 4 is 5.69 Å². The van der Waals surface area contributed by atoms with E-state index in [4.69, 9.17) is 10.6 Å². The number of benzene rings is 1. The van der Waals surface area contributed by atoms with Gasteiger partial charge >= 0.3 is 0 Å². The molecular formula is C8H13N3O. The van der Waals surface area contributed by atoms with E-state index in [9.17, 15) is 0 Å². The van der Waals surface area contributed by atoms with Crippen molar-refractivity contribution in [2.24, 2.45) is 5.84 Å². The van der Waals surface area contributed by atoms with Crippen LogP contribution in [0.5, 0.6) is 5.75 Å². The highest BCUT2D eigenvalue weighted by atomic mass is 16.5. The Kier molecular flexibility index (Phi) is 3.37. The van der Waals surface area contributed by atoms with Gasteiger partial charge in [-0.15, -0.1) is 0 Å². The van der Waals surface area contributed by atoms with Gasteiger partial charge < -0.3 is 10.1 Å². The zero-order valence-electron chi connectivity index (χ0n) is 7.00. The SMILES string of the molecule is COc1cccc(NCNN)c1. The van der Waals surface area contributed by atoms with Crippen molar-refractivity contribution in [2.45, 2.75) is 0 Å². The minimum atomic E-state index is 0.535. The van der Waals surface area contributed by atoms with Crippen molar-refractivity contribution in [3.05, 3.63) is 24.3 Å². The molecule has 0 aliphatic heterocycles. The number of hydrogen-bond donors (Lipinski definition) is 3. The molecule has 0 atom stereocenters. The first kappa shape index (κ1) is 8.83. The maximum Gasteiger partial charge on any atom is 0.120 e. The van der Waals surface area contributed by atoms with E-state index < -0.39 is 0 Å². The van der Waals surface area contributed by atoms with Crippen LogP contribution in [-0.4, -0.2) is 13.8 Å². The topological polar surface area (TPSA) is 59.3 Å². The maximum atomic E-state index is 5.10. The molecule has 0 heterocycles. The zero-order chi connectivity index (χ0) is 8.81. The van der Waals surface area contributed by atoms with Gasteiger partial charge in [0.2, 0.25) is 0 Å². The first-order valence-corrected chi connectivity index (χ1v) is 3.68. The summed E-state index contributed by atoms with van der Waals surface area (Å²) in [4.78, 5) is 0. The molecule has 0 radical (unpaired) electrons. The summed E-state index contributed by atoms with van der Waals surface area (Å²) < 4.78 is 5.04. The summed E-state index contributed by atoms with van der Waals surface area (Å²) in [6, 6.07) is 7.65. The van der Waals surface area contributed by atoms with Gasteiger partial charge in [-0.25, -0.2) is 5.43 Å². The van der Waals surface area contributed by atoms with Crippen molar-refractivity contribution in [3.63, 3.8) is 0 Å². The van der Waals surface area contributed by atoms with Crippen LogP contribution in [0.1, 0.15) is 0 Å². The summed E-state index contributed by atoms with van der Waals surface area (Å²) in [5, 5.41) is 3.05. The minimum absolute atomic E-state index is 0.535. The van der Waals surface area contributed by atoms with E-state index in [1.54, 1.807) is 7.11 Å². The van der Waals surface area contributed by atoms with E-state index in [0.717, 1.165) is 11.4 Å². The van der Waals surface area contributed by atoms with Crippen molar-refractivity contribution in [3.8, 4) is 5.75 Å². The van der Waals surface area contributed by atoms with Crippen LogP contribution in [0.4, 0.5) is 5.69 Å². The average Bonchev–Trinajstić information content (AvgIpc) is 2.15. The molecule has 0 fully saturated rings. The molecule has 0 spiro atoms. The fourth-order valence-corrected chi connectivity index (χ4v) is 0.886. The second kappa shape index (κ2) is 4.58. The maximum absolute atomic E-state index is 5.10. The smallest absolute Gasteiger partial charge is 0.120 e. The molecule has 0 aliphatic carbocycles. The number of anilines is 1. The summed E-state index contributed by atoms with van der Waals surface area (Å²) in [5.41, 5.74) is 3.48. The first-order valence-electron chi connectivity index (χ1n) is 3.68. The highest BCUT2D eigenvalue weighted by Crippen LogP contribution is 2.15. The average molecular weight is 167 g/mol. The Hall–Kier alpha value is -1.26. The fraction of sp³-hybridized carbons (Fsp3) is 0.250. The van der Waals surface area contributed by atoms with Gasteiger partial charge in [-0.2, -0.15) is 0 Å². The molecule has 0 saturated carbocycles. The summed E-state index contributed by atoms with van der Waals surface area (Å²) in [6.45, 7) is 0.535. The van der Waals surface area contributed by atoms with Crippen LogP contribution in [0, 0.1) is 0 Å². The quantitative estimate of drug-likeness (QED) is 0.348. The molecule has 0 unspecified atom stereocenters. The van der Waals surface area contributed by atoms with E-state index in [2.05, 4.69) is 10.7 Å². The molecule has 0 aliphatic rings. The van der Waals surface area contributed by atoms with Gasteiger partial charge in [0.1, 0.15) is 5.75 Å². The van der Waals surface area contributed by atoms with E-state index in [0.29, 0.717) is 6.67 Å². The number of ether oxygens (including phenoxy) is 1. The number of nitrogens with two attached hydrogens (primary N) is 1. The standard InChI is InChI=1S/C8H13N3O/c1-12-8-4-2-3-7(5-8)10-6-11-9/h2-5,10-11H,6,9H2,1H3. The molecule has 0 aromatic heterocycles. The van der Waals surface area contributed by atoms with Gasteiger partial charge in [-0.05, 0) is 12.1 Å². The number of nitrogens with one attached hydrogen (secondary N) is 2. The Balaban J connectivity index is 2.60. The Labute approximate surface area is 71.7 Å². The monoisotopic (exact) mass is 167 g/mol. The van der Waals surface area contributed by atoms with Gasteiger partial charge in [0, 0.05) is 11.8 Å². The second-order valence-corrected chi connectivity index (χ2v) is 2.29. The Morgan fingerprint density at radius 2 is 2.33 bits per heavy atom. The molecule has 4 heteroatoms. The minimum Gasteiger partial charge on any atom is -0.497 e. The van der Waals surface area contributed by atoms with E-state index in [1.807, 2.05) is 24.3 Å². The lowest BCUT2D eigenvalue weighted by Crippen LogP contribution is -2.28. The zero-order valence-corrected chi connectivity index (χ0v) is 7.00. The predicted molar refractivity (Wildman–Crippen MR) is 48.8 cm³/mol. The van der Waals surface area contributed by atoms with Crippen molar-refractivity contribution in [1.82, 2.24) is 5.43 Å². The normalized spacial score (nSPS) is 9.50.